The second kappa shape index (κ2) is 8.85. The summed E-state index contributed by atoms with van der Waals surface area (Å²) in [7, 11) is 0. The molecule has 0 aromatic heterocycles. The number of carbonyl (C=O) groups is 2. The van der Waals surface area contributed by atoms with Gasteiger partial charge in [-0.1, -0.05) is 5.57 Å². The van der Waals surface area contributed by atoms with Crippen molar-refractivity contribution in [2.24, 2.45) is 34.5 Å². The van der Waals surface area contributed by atoms with Gasteiger partial charge >= 0.3 is 5.97 Å². The molecule has 4 saturated carbocycles. The van der Waals surface area contributed by atoms with E-state index in [1.807, 2.05) is 27.7 Å². The molecule has 6 fully saturated rings. The zero-order valence-electron chi connectivity index (χ0n) is 24.9. The Morgan fingerprint density at radius 1 is 0.950 bits per heavy atom. The zero-order valence-corrected chi connectivity index (χ0v) is 24.9. The molecule has 0 amide bonds. The smallest absolute Gasteiger partial charge is 0.334 e. The Bertz CT molecular complexity index is 1150. The van der Waals surface area contributed by atoms with Crippen molar-refractivity contribution in [2.75, 3.05) is 13.2 Å². The minimum atomic E-state index is -0.829. The quantitative estimate of drug-likeness (QED) is 0.397. The van der Waals surface area contributed by atoms with Crippen molar-refractivity contribution in [2.45, 2.75) is 128 Å². The maximum atomic E-state index is 14.0. The highest BCUT2D eigenvalue weighted by atomic mass is 16.7. The molecule has 0 bridgehead atoms. The van der Waals surface area contributed by atoms with Crippen LogP contribution in [0.5, 0.6) is 0 Å². The molecule has 8 nitrogen and oxygen atoms in total. The number of aliphatic hydroxyl groups is 1. The summed E-state index contributed by atoms with van der Waals surface area (Å²) in [5.41, 5.74) is -0.621. The maximum Gasteiger partial charge on any atom is 0.334 e. The van der Waals surface area contributed by atoms with Gasteiger partial charge < -0.3 is 28.8 Å². The van der Waals surface area contributed by atoms with E-state index in [4.69, 9.17) is 23.7 Å². The van der Waals surface area contributed by atoms with Crippen molar-refractivity contribution in [1.82, 2.24) is 0 Å². The van der Waals surface area contributed by atoms with E-state index in [9.17, 15) is 14.7 Å². The lowest BCUT2D eigenvalue weighted by atomic mass is 9.43. The van der Waals surface area contributed by atoms with Gasteiger partial charge in [-0.2, -0.15) is 0 Å². The first-order chi connectivity index (χ1) is 19.0. The van der Waals surface area contributed by atoms with Crippen molar-refractivity contribution in [1.29, 1.82) is 0 Å². The van der Waals surface area contributed by atoms with Crippen molar-refractivity contribution in [3.63, 3.8) is 0 Å². The highest BCUT2D eigenvalue weighted by Gasteiger charge is 2.84. The topological polar surface area (TPSA) is 104 Å². The molecule has 0 aromatic carbocycles. The van der Waals surface area contributed by atoms with Gasteiger partial charge in [0, 0.05) is 43.0 Å². The summed E-state index contributed by atoms with van der Waals surface area (Å²) in [5, 5.41) is 11.5. The molecule has 2 saturated heterocycles. The van der Waals surface area contributed by atoms with E-state index in [0.29, 0.717) is 31.1 Å². The highest BCUT2D eigenvalue weighted by molar-refractivity contribution is 5.90. The van der Waals surface area contributed by atoms with Crippen molar-refractivity contribution in [3.8, 4) is 0 Å². The Labute approximate surface area is 237 Å². The summed E-state index contributed by atoms with van der Waals surface area (Å²) in [6, 6.07) is 0. The van der Waals surface area contributed by atoms with E-state index in [1.165, 1.54) is 0 Å². The lowest BCUT2D eigenvalue weighted by Crippen LogP contribution is -2.68. The van der Waals surface area contributed by atoms with Gasteiger partial charge in [-0.05, 0) is 91.4 Å². The van der Waals surface area contributed by atoms with Crippen LogP contribution in [0, 0.1) is 34.5 Å². The standard InChI is InChI=1S/C32H46O8/c1-7-36-21-15-23(33)29(5)19-11-12-31-20(18(19)14-25-32(29,39-25)26(21)34)9-10-22(31)30(6,40-28(31)37-8-2)24-13-16(3)17(4)27(35)38-24/h18-22,24-26,28,34H,7-15H2,1-6H3/t18-,19+,20+,21+,22-,24-,25+,26+,28+,29+,30-,31-,32?/m1/s1. The largest absolute Gasteiger partial charge is 0.456 e. The van der Waals surface area contributed by atoms with Crippen molar-refractivity contribution in [3.05, 3.63) is 11.1 Å². The number of carbonyl (C=O) groups excluding carboxylic acids is 2. The van der Waals surface area contributed by atoms with Crippen LogP contribution in [0.3, 0.4) is 0 Å². The molecule has 7 aliphatic rings. The monoisotopic (exact) mass is 558 g/mol. The van der Waals surface area contributed by atoms with E-state index < -0.39 is 28.8 Å². The molecule has 222 valence electrons. The molecule has 8 heteroatoms. The van der Waals surface area contributed by atoms with Gasteiger partial charge in [0.25, 0.3) is 0 Å². The molecule has 0 aromatic rings. The van der Waals surface area contributed by atoms with Crippen molar-refractivity contribution >= 4 is 11.8 Å². The summed E-state index contributed by atoms with van der Waals surface area (Å²) in [5.74, 6) is 0.880. The Morgan fingerprint density at radius 3 is 2.40 bits per heavy atom. The van der Waals surface area contributed by atoms with Crippen LogP contribution in [0.1, 0.15) is 86.5 Å². The normalized spacial score (nSPS) is 54.7. The fourth-order valence-corrected chi connectivity index (χ4v) is 11.1. The number of fused-ring (bicyclic) bond motifs is 3. The fraction of sp³-hybridized carbons (Fsp3) is 0.875. The van der Waals surface area contributed by atoms with Gasteiger partial charge in [0.1, 0.15) is 29.2 Å². The van der Waals surface area contributed by atoms with E-state index >= 15 is 0 Å². The lowest BCUT2D eigenvalue weighted by molar-refractivity contribution is -0.238. The molecule has 13 atom stereocenters. The number of epoxide rings is 1. The predicted octanol–water partition coefficient (Wildman–Crippen LogP) is 4.12. The molecule has 3 aliphatic heterocycles. The Morgan fingerprint density at radius 2 is 1.70 bits per heavy atom. The fourth-order valence-electron chi connectivity index (χ4n) is 11.1. The summed E-state index contributed by atoms with van der Waals surface area (Å²) >= 11 is 0. The molecular weight excluding hydrogens is 512 g/mol. The Kier molecular flexibility index (Phi) is 6.09. The third-order valence-electron chi connectivity index (χ3n) is 13.1. The van der Waals surface area contributed by atoms with Crippen LogP contribution in [0.4, 0.5) is 0 Å². The van der Waals surface area contributed by atoms with E-state index in [-0.39, 0.29) is 59.8 Å². The Balaban J connectivity index is 1.24. The predicted molar refractivity (Wildman–Crippen MR) is 144 cm³/mol. The average Bonchev–Trinajstić information content (AvgIpc) is 3.44. The average molecular weight is 559 g/mol. The summed E-state index contributed by atoms with van der Waals surface area (Å²) in [4.78, 5) is 26.7. The second-order valence-electron chi connectivity index (χ2n) is 14.2. The second-order valence-corrected chi connectivity index (χ2v) is 14.2. The number of cyclic esters (lactones) is 1. The first-order valence-corrected chi connectivity index (χ1v) is 15.7. The number of hydrogen-bond acceptors (Lipinski definition) is 8. The summed E-state index contributed by atoms with van der Waals surface area (Å²) in [6.45, 7) is 13.0. The molecule has 2 spiro atoms. The van der Waals surface area contributed by atoms with Crippen LogP contribution in [-0.2, 0) is 33.3 Å². The van der Waals surface area contributed by atoms with Crippen LogP contribution in [0.25, 0.3) is 0 Å². The number of hydrogen-bond donors (Lipinski definition) is 1. The van der Waals surface area contributed by atoms with Gasteiger partial charge in [-0.25, -0.2) is 4.79 Å². The first-order valence-electron chi connectivity index (χ1n) is 15.7. The molecule has 4 aliphatic carbocycles. The third kappa shape index (κ3) is 3.10. The van der Waals surface area contributed by atoms with Crippen molar-refractivity contribution < 1.29 is 38.4 Å². The van der Waals surface area contributed by atoms with Crippen LogP contribution in [-0.4, -0.2) is 72.0 Å². The molecular formula is C32H46O8. The SMILES string of the molecule is CCO[C@H]1O[C@@](C)([C@H]2CC(C)=C(C)C(=O)O2)[C@H]2CC[C@H]3[C@@H]4C[C@@H]5OC56[C@@H](O)[C@@H](OCC)CC(=O)[C@]6(C)[C@H]4CC[C@]123. The molecule has 7 rings (SSSR count). The molecule has 1 N–H and O–H groups in total. The lowest BCUT2D eigenvalue weighted by Gasteiger charge is -2.59. The van der Waals surface area contributed by atoms with Crippen LogP contribution >= 0.6 is 0 Å². The van der Waals surface area contributed by atoms with Gasteiger partial charge in [-0.3, -0.25) is 4.79 Å². The number of aliphatic hydroxyl groups excluding tert-OH is 1. The zero-order chi connectivity index (χ0) is 28.4. The third-order valence-corrected chi connectivity index (χ3v) is 13.1. The minimum absolute atomic E-state index is 0.135. The van der Waals surface area contributed by atoms with Crippen LogP contribution in [0.15, 0.2) is 11.1 Å². The minimum Gasteiger partial charge on any atom is -0.456 e. The molecule has 3 heterocycles. The number of rotatable bonds is 5. The molecule has 1 unspecified atom stereocenters. The molecule has 40 heavy (non-hydrogen) atoms. The van der Waals surface area contributed by atoms with E-state index in [2.05, 4.69) is 13.8 Å². The summed E-state index contributed by atoms with van der Waals surface area (Å²) in [6.07, 6.45) is 3.42. The number of Topliss-reactive ketones (excluding diaryl/α,β-unsaturated/α-hetero) is 1. The Hall–Kier alpha value is -1.32. The summed E-state index contributed by atoms with van der Waals surface area (Å²) < 4.78 is 31.7. The van der Waals surface area contributed by atoms with Gasteiger partial charge in [0.15, 0.2) is 6.29 Å². The number of esters is 1. The van der Waals surface area contributed by atoms with Gasteiger partial charge in [0.05, 0.1) is 17.6 Å². The van der Waals surface area contributed by atoms with E-state index in [0.717, 1.165) is 37.7 Å². The number of ketones is 1. The number of ether oxygens (including phenoxy) is 5. The molecule has 0 radical (unpaired) electrons. The van der Waals surface area contributed by atoms with Crippen LogP contribution < -0.4 is 0 Å². The van der Waals surface area contributed by atoms with Gasteiger partial charge in [0.2, 0.25) is 0 Å². The van der Waals surface area contributed by atoms with Gasteiger partial charge in [-0.15, -0.1) is 0 Å². The van der Waals surface area contributed by atoms with Crippen LogP contribution in [0.2, 0.25) is 0 Å². The maximum absolute atomic E-state index is 14.0. The first kappa shape index (κ1) is 27.5. The van der Waals surface area contributed by atoms with E-state index in [1.54, 1.807) is 0 Å². The highest BCUT2D eigenvalue weighted by Crippen LogP contribution is 2.76.